The summed E-state index contributed by atoms with van der Waals surface area (Å²) in [6.07, 6.45) is 5.29. The van der Waals surface area contributed by atoms with E-state index >= 15 is 0 Å². The number of ketones is 1. The van der Waals surface area contributed by atoms with Gasteiger partial charge in [-0.3, -0.25) is 4.79 Å². The third-order valence-corrected chi connectivity index (χ3v) is 4.78. The highest BCUT2D eigenvalue weighted by Gasteiger charge is 2.27. The number of rotatable bonds is 5. The summed E-state index contributed by atoms with van der Waals surface area (Å²) in [5, 5.41) is 0.299. The molecule has 5 heteroatoms. The second-order valence-corrected chi connectivity index (χ2v) is 6.79. The summed E-state index contributed by atoms with van der Waals surface area (Å²) < 4.78 is 25.2. The van der Waals surface area contributed by atoms with Crippen LogP contribution in [-0.4, -0.2) is 5.78 Å². The predicted molar refractivity (Wildman–Crippen MR) is 111 cm³/mol. The Morgan fingerprint density at radius 1 is 1.03 bits per heavy atom. The van der Waals surface area contributed by atoms with E-state index in [9.17, 15) is 9.18 Å². The van der Waals surface area contributed by atoms with E-state index in [0.29, 0.717) is 22.1 Å². The summed E-state index contributed by atoms with van der Waals surface area (Å²) in [5.41, 5.74) is 1.76. The van der Waals surface area contributed by atoms with Gasteiger partial charge in [0.15, 0.2) is 5.76 Å². The number of carbonyl (C=O) groups is 1. The summed E-state index contributed by atoms with van der Waals surface area (Å²) in [5.74, 6) is 0.479. The van der Waals surface area contributed by atoms with Gasteiger partial charge < -0.3 is 9.47 Å². The van der Waals surface area contributed by atoms with Gasteiger partial charge in [-0.15, -0.1) is 0 Å². The molecular weight excluding hydrogens is 391 g/mol. The lowest BCUT2D eigenvalue weighted by Gasteiger charge is -2.09. The van der Waals surface area contributed by atoms with Crippen LogP contribution < -0.4 is 9.47 Å². The van der Waals surface area contributed by atoms with Gasteiger partial charge in [0.2, 0.25) is 5.78 Å². The molecule has 0 spiro atoms. The maximum atomic E-state index is 13.9. The number of ether oxygens (including phenoxy) is 2. The molecule has 1 aliphatic heterocycles. The molecule has 0 saturated heterocycles. The lowest BCUT2D eigenvalue weighted by Crippen LogP contribution is -1.99. The molecule has 1 aliphatic rings. The van der Waals surface area contributed by atoms with Crippen LogP contribution in [0.5, 0.6) is 11.5 Å². The normalized spacial score (nSPS) is 14.3. The summed E-state index contributed by atoms with van der Waals surface area (Å²) in [6, 6.07) is 19.1. The first kappa shape index (κ1) is 19.0. The van der Waals surface area contributed by atoms with Crippen molar-refractivity contribution in [1.82, 2.24) is 0 Å². The molecule has 0 bridgehead atoms. The minimum atomic E-state index is -0.430. The Morgan fingerprint density at radius 3 is 2.66 bits per heavy atom. The Bertz CT molecular complexity index is 1100. The van der Waals surface area contributed by atoms with E-state index in [1.54, 1.807) is 36.4 Å². The number of Topliss-reactive ketones (excluding diaryl/α,β-unsaturated/α-hetero) is 1. The Hall–Kier alpha value is -3.37. The van der Waals surface area contributed by atoms with Gasteiger partial charge in [0.1, 0.15) is 23.9 Å². The fraction of sp³-hybridized carbons (Fsp3) is 0.0417. The van der Waals surface area contributed by atoms with Crippen LogP contribution in [0.2, 0.25) is 5.02 Å². The summed E-state index contributed by atoms with van der Waals surface area (Å²) in [4.78, 5) is 12.5. The number of benzene rings is 3. The van der Waals surface area contributed by atoms with Crippen LogP contribution in [0.3, 0.4) is 0 Å². The number of carbonyl (C=O) groups excluding carboxylic acids is 1. The molecule has 0 fully saturated rings. The number of allylic oxidation sites excluding steroid dienone is 3. The number of fused-ring (bicyclic) bond motifs is 1. The Kier molecular flexibility index (Phi) is 5.45. The quantitative estimate of drug-likeness (QED) is 0.471. The Morgan fingerprint density at radius 2 is 1.86 bits per heavy atom. The molecule has 3 aromatic carbocycles. The lowest BCUT2D eigenvalue weighted by molar-refractivity contribution is 0.101. The highest BCUT2D eigenvalue weighted by Crippen LogP contribution is 2.34. The van der Waals surface area contributed by atoms with Crippen molar-refractivity contribution in [3.8, 4) is 11.5 Å². The second-order valence-electron chi connectivity index (χ2n) is 6.38. The molecule has 3 nitrogen and oxygen atoms in total. The molecule has 4 rings (SSSR count). The molecule has 0 radical (unpaired) electrons. The monoisotopic (exact) mass is 406 g/mol. The minimum Gasteiger partial charge on any atom is -0.489 e. The maximum Gasteiger partial charge on any atom is 0.231 e. The van der Waals surface area contributed by atoms with Crippen LogP contribution in [-0.2, 0) is 6.61 Å². The maximum absolute atomic E-state index is 13.9. The lowest BCUT2D eigenvalue weighted by atomic mass is 10.1. The van der Waals surface area contributed by atoms with E-state index in [2.05, 4.69) is 0 Å². The number of hydrogen-bond donors (Lipinski definition) is 0. The van der Waals surface area contributed by atoms with Crippen LogP contribution in [0.25, 0.3) is 6.08 Å². The predicted octanol–water partition coefficient (Wildman–Crippen LogP) is 6.23. The van der Waals surface area contributed by atoms with Gasteiger partial charge in [0.05, 0.1) is 10.6 Å². The molecule has 0 saturated carbocycles. The van der Waals surface area contributed by atoms with E-state index in [0.717, 1.165) is 5.56 Å². The van der Waals surface area contributed by atoms with Crippen molar-refractivity contribution in [2.24, 2.45) is 0 Å². The molecule has 0 aromatic heterocycles. The van der Waals surface area contributed by atoms with Crippen LogP contribution >= 0.6 is 11.6 Å². The third kappa shape index (κ3) is 4.23. The molecule has 0 amide bonds. The number of hydrogen-bond acceptors (Lipinski definition) is 3. The van der Waals surface area contributed by atoms with Crippen molar-refractivity contribution in [3.05, 3.63) is 112 Å². The van der Waals surface area contributed by atoms with E-state index in [-0.39, 0.29) is 23.7 Å². The molecule has 144 valence electrons. The summed E-state index contributed by atoms with van der Waals surface area (Å²) in [6.45, 7) is -0.0270. The van der Waals surface area contributed by atoms with Crippen molar-refractivity contribution in [3.63, 3.8) is 0 Å². The largest absolute Gasteiger partial charge is 0.489 e. The van der Waals surface area contributed by atoms with E-state index in [1.807, 2.05) is 36.4 Å². The SMILES string of the molecule is O=C1/C(=C/C=C/c2ccccc2)Oc2cc(OCc3c(F)cccc3Cl)ccc21. The van der Waals surface area contributed by atoms with Gasteiger partial charge in [-0.05, 0) is 35.9 Å². The Balaban J connectivity index is 1.47. The zero-order valence-corrected chi connectivity index (χ0v) is 16.0. The molecule has 0 unspecified atom stereocenters. The molecule has 1 heterocycles. The molecule has 0 aliphatic carbocycles. The van der Waals surface area contributed by atoms with Crippen molar-refractivity contribution in [2.45, 2.75) is 6.61 Å². The van der Waals surface area contributed by atoms with Crippen molar-refractivity contribution < 1.29 is 18.7 Å². The summed E-state index contributed by atoms with van der Waals surface area (Å²) >= 11 is 6.02. The van der Waals surface area contributed by atoms with Gasteiger partial charge >= 0.3 is 0 Å². The van der Waals surface area contributed by atoms with E-state index in [1.165, 1.54) is 12.1 Å². The van der Waals surface area contributed by atoms with E-state index < -0.39 is 5.82 Å². The van der Waals surface area contributed by atoms with Crippen molar-refractivity contribution in [2.75, 3.05) is 0 Å². The summed E-state index contributed by atoms with van der Waals surface area (Å²) in [7, 11) is 0. The standard InChI is InChI=1S/C24H16ClFO3/c25-20-9-5-10-21(26)19(20)15-28-17-12-13-18-23(14-17)29-22(24(18)27)11-4-8-16-6-2-1-3-7-16/h1-14H,15H2/b8-4+,22-11-. The van der Waals surface area contributed by atoms with Gasteiger partial charge in [-0.25, -0.2) is 4.39 Å². The fourth-order valence-electron chi connectivity index (χ4n) is 2.91. The number of halogens is 2. The smallest absolute Gasteiger partial charge is 0.231 e. The highest BCUT2D eigenvalue weighted by molar-refractivity contribution is 6.31. The van der Waals surface area contributed by atoms with Crippen LogP contribution in [0.15, 0.2) is 84.6 Å². The van der Waals surface area contributed by atoms with Crippen molar-refractivity contribution in [1.29, 1.82) is 0 Å². The van der Waals surface area contributed by atoms with Crippen LogP contribution in [0.4, 0.5) is 4.39 Å². The van der Waals surface area contributed by atoms with Crippen LogP contribution in [0.1, 0.15) is 21.5 Å². The first-order valence-electron chi connectivity index (χ1n) is 8.97. The Labute approximate surface area is 172 Å². The van der Waals surface area contributed by atoms with Gasteiger partial charge in [-0.2, -0.15) is 0 Å². The second kappa shape index (κ2) is 8.33. The third-order valence-electron chi connectivity index (χ3n) is 4.42. The minimum absolute atomic E-state index is 0.0270. The zero-order valence-electron chi connectivity index (χ0n) is 15.3. The van der Waals surface area contributed by atoms with Gasteiger partial charge in [-0.1, -0.05) is 60.2 Å². The van der Waals surface area contributed by atoms with Gasteiger partial charge in [0, 0.05) is 11.6 Å². The molecule has 0 N–H and O–H groups in total. The average molecular weight is 407 g/mol. The zero-order chi connectivity index (χ0) is 20.2. The molecule has 29 heavy (non-hydrogen) atoms. The molecule has 0 atom stereocenters. The van der Waals surface area contributed by atoms with E-state index in [4.69, 9.17) is 21.1 Å². The first-order valence-corrected chi connectivity index (χ1v) is 9.35. The highest BCUT2D eigenvalue weighted by atomic mass is 35.5. The molecule has 3 aromatic rings. The van der Waals surface area contributed by atoms with Crippen LogP contribution in [0, 0.1) is 5.82 Å². The average Bonchev–Trinajstić information content (AvgIpc) is 3.03. The topological polar surface area (TPSA) is 35.5 Å². The van der Waals surface area contributed by atoms with Gasteiger partial charge in [0.25, 0.3) is 0 Å². The molecular formula is C24H16ClFO3. The first-order chi connectivity index (χ1) is 14.1. The fourth-order valence-corrected chi connectivity index (χ4v) is 3.13. The van der Waals surface area contributed by atoms with Crippen molar-refractivity contribution >= 4 is 23.5 Å².